The normalized spacial score (nSPS) is 12.9. The van der Waals surface area contributed by atoms with Crippen molar-refractivity contribution >= 4 is 29.1 Å². The summed E-state index contributed by atoms with van der Waals surface area (Å²) in [5, 5.41) is 5.73. The number of nitrogens with one attached hydrogen (secondary N) is 2. The summed E-state index contributed by atoms with van der Waals surface area (Å²) in [5.74, 6) is -0.373. The van der Waals surface area contributed by atoms with E-state index in [1.165, 1.54) is 4.90 Å². The van der Waals surface area contributed by atoms with Gasteiger partial charge < -0.3 is 15.5 Å². The first-order valence-corrected chi connectivity index (χ1v) is 10.0. The van der Waals surface area contributed by atoms with E-state index in [2.05, 4.69) is 10.6 Å². The summed E-state index contributed by atoms with van der Waals surface area (Å²) in [6, 6.07) is 14.4. The van der Waals surface area contributed by atoms with Gasteiger partial charge in [-0.05, 0) is 56.0 Å². The third-order valence-corrected chi connectivity index (χ3v) is 4.86. The van der Waals surface area contributed by atoms with Gasteiger partial charge in [-0.25, -0.2) is 0 Å². The van der Waals surface area contributed by atoms with Crippen LogP contribution in [0.5, 0.6) is 0 Å². The van der Waals surface area contributed by atoms with Crippen LogP contribution in [-0.2, 0) is 9.59 Å². The number of hydrogen-bond acceptors (Lipinski definition) is 3. The van der Waals surface area contributed by atoms with Gasteiger partial charge in [0.1, 0.15) is 6.54 Å². The van der Waals surface area contributed by atoms with Gasteiger partial charge >= 0.3 is 0 Å². The SMILES string of the molecule is CCCN(CC(=O)Nc1ccccc1C)C(=O)c1cccc(NC(=O)C2CC2)c1. The van der Waals surface area contributed by atoms with Crippen molar-refractivity contribution < 1.29 is 14.4 Å². The molecule has 3 amide bonds. The second-order valence-corrected chi connectivity index (χ2v) is 7.43. The van der Waals surface area contributed by atoms with E-state index in [1.807, 2.05) is 38.1 Å². The maximum atomic E-state index is 13.0. The maximum absolute atomic E-state index is 13.0. The van der Waals surface area contributed by atoms with E-state index in [9.17, 15) is 14.4 Å². The number of anilines is 2. The Kier molecular flexibility index (Phi) is 6.65. The Morgan fingerprint density at radius 2 is 1.79 bits per heavy atom. The molecule has 0 spiro atoms. The van der Waals surface area contributed by atoms with Gasteiger partial charge in [-0.2, -0.15) is 0 Å². The van der Waals surface area contributed by atoms with Crippen LogP contribution in [0.1, 0.15) is 42.1 Å². The molecular formula is C23H27N3O3. The van der Waals surface area contributed by atoms with E-state index in [0.717, 1.165) is 30.5 Å². The summed E-state index contributed by atoms with van der Waals surface area (Å²) in [6.45, 7) is 4.33. The van der Waals surface area contributed by atoms with Gasteiger partial charge in [0.25, 0.3) is 5.91 Å². The van der Waals surface area contributed by atoms with E-state index in [4.69, 9.17) is 0 Å². The smallest absolute Gasteiger partial charge is 0.254 e. The number of rotatable bonds is 8. The highest BCUT2D eigenvalue weighted by molar-refractivity contribution is 6.01. The Bertz CT molecular complexity index is 906. The Morgan fingerprint density at radius 1 is 1.03 bits per heavy atom. The highest BCUT2D eigenvalue weighted by Gasteiger charge is 2.29. The Hall–Kier alpha value is -3.15. The van der Waals surface area contributed by atoms with Crippen molar-refractivity contribution in [3.63, 3.8) is 0 Å². The molecule has 0 saturated heterocycles. The zero-order chi connectivity index (χ0) is 20.8. The van der Waals surface area contributed by atoms with Crippen molar-refractivity contribution in [3.8, 4) is 0 Å². The maximum Gasteiger partial charge on any atom is 0.254 e. The topological polar surface area (TPSA) is 78.5 Å². The lowest BCUT2D eigenvalue weighted by atomic mass is 10.1. The molecule has 6 heteroatoms. The molecule has 0 bridgehead atoms. The number of benzene rings is 2. The quantitative estimate of drug-likeness (QED) is 0.715. The Labute approximate surface area is 171 Å². The van der Waals surface area contributed by atoms with Gasteiger partial charge in [-0.15, -0.1) is 0 Å². The molecule has 0 aromatic heterocycles. The second kappa shape index (κ2) is 9.37. The molecule has 0 atom stereocenters. The largest absolute Gasteiger partial charge is 0.329 e. The summed E-state index contributed by atoms with van der Waals surface area (Å²) < 4.78 is 0. The van der Waals surface area contributed by atoms with Gasteiger partial charge in [-0.3, -0.25) is 14.4 Å². The molecule has 3 rings (SSSR count). The number of hydrogen-bond donors (Lipinski definition) is 2. The first kappa shape index (κ1) is 20.6. The lowest BCUT2D eigenvalue weighted by Gasteiger charge is -2.22. The molecule has 1 fully saturated rings. The summed E-state index contributed by atoms with van der Waals surface area (Å²) in [6.07, 6.45) is 2.58. The van der Waals surface area contributed by atoms with Crippen molar-refractivity contribution in [1.29, 1.82) is 0 Å². The van der Waals surface area contributed by atoms with Crippen LogP contribution >= 0.6 is 0 Å². The monoisotopic (exact) mass is 393 g/mol. The van der Waals surface area contributed by atoms with Crippen LogP contribution in [-0.4, -0.2) is 35.7 Å². The van der Waals surface area contributed by atoms with E-state index in [-0.39, 0.29) is 30.2 Å². The zero-order valence-electron chi connectivity index (χ0n) is 16.9. The van der Waals surface area contributed by atoms with Crippen LogP contribution in [0.15, 0.2) is 48.5 Å². The minimum absolute atomic E-state index is 0.00220. The van der Waals surface area contributed by atoms with Gasteiger partial charge in [0.15, 0.2) is 0 Å². The third-order valence-electron chi connectivity index (χ3n) is 4.86. The summed E-state index contributed by atoms with van der Waals surface area (Å²) in [7, 11) is 0. The van der Waals surface area contributed by atoms with Crippen molar-refractivity contribution in [1.82, 2.24) is 4.90 Å². The average Bonchev–Trinajstić information content (AvgIpc) is 3.54. The lowest BCUT2D eigenvalue weighted by Crippen LogP contribution is -2.38. The minimum Gasteiger partial charge on any atom is -0.329 e. The standard InChI is InChI=1S/C23H27N3O3/c1-3-13-26(15-21(27)25-20-10-5-4-7-16(20)2)23(29)18-8-6-9-19(14-18)24-22(28)17-11-12-17/h4-10,14,17H,3,11-13,15H2,1-2H3,(H,24,28)(H,25,27). The van der Waals surface area contributed by atoms with Crippen molar-refractivity contribution in [2.45, 2.75) is 33.1 Å². The highest BCUT2D eigenvalue weighted by atomic mass is 16.2. The van der Waals surface area contributed by atoms with Gasteiger partial charge in [0.2, 0.25) is 11.8 Å². The van der Waals surface area contributed by atoms with E-state index in [1.54, 1.807) is 24.3 Å². The van der Waals surface area contributed by atoms with Gasteiger partial charge in [0, 0.05) is 29.4 Å². The number of para-hydroxylation sites is 1. The number of nitrogens with zero attached hydrogens (tertiary/aromatic N) is 1. The molecule has 152 valence electrons. The summed E-state index contributed by atoms with van der Waals surface area (Å²) in [5.41, 5.74) is 2.77. The highest BCUT2D eigenvalue weighted by Crippen LogP contribution is 2.30. The van der Waals surface area contributed by atoms with E-state index < -0.39 is 0 Å². The van der Waals surface area contributed by atoms with Crippen molar-refractivity contribution in [3.05, 3.63) is 59.7 Å². The number of amides is 3. The fraction of sp³-hybridized carbons (Fsp3) is 0.348. The summed E-state index contributed by atoms with van der Waals surface area (Å²) in [4.78, 5) is 39.0. The Balaban J connectivity index is 1.67. The van der Waals surface area contributed by atoms with Crippen LogP contribution < -0.4 is 10.6 Å². The predicted octanol–water partition coefficient (Wildman–Crippen LogP) is 3.83. The van der Waals surface area contributed by atoms with E-state index in [0.29, 0.717) is 17.8 Å². The first-order chi connectivity index (χ1) is 14.0. The molecule has 0 radical (unpaired) electrons. The van der Waals surface area contributed by atoms with E-state index >= 15 is 0 Å². The zero-order valence-corrected chi connectivity index (χ0v) is 16.9. The van der Waals surface area contributed by atoms with Gasteiger partial charge in [-0.1, -0.05) is 31.2 Å². The molecule has 1 saturated carbocycles. The molecule has 1 aliphatic rings. The number of carbonyl (C=O) groups excluding carboxylic acids is 3. The van der Waals surface area contributed by atoms with Crippen molar-refractivity contribution in [2.75, 3.05) is 23.7 Å². The second-order valence-electron chi connectivity index (χ2n) is 7.43. The fourth-order valence-corrected chi connectivity index (χ4v) is 3.10. The van der Waals surface area contributed by atoms with Crippen LogP contribution in [0.3, 0.4) is 0 Å². The number of aryl methyl sites for hydroxylation is 1. The Morgan fingerprint density at radius 3 is 2.48 bits per heavy atom. The van der Waals surface area contributed by atoms with Crippen molar-refractivity contribution in [2.24, 2.45) is 5.92 Å². The molecule has 0 heterocycles. The molecule has 2 N–H and O–H groups in total. The molecular weight excluding hydrogens is 366 g/mol. The molecule has 1 aliphatic carbocycles. The molecule has 0 aliphatic heterocycles. The minimum atomic E-state index is -0.237. The van der Waals surface area contributed by atoms with Crippen LogP contribution in [0, 0.1) is 12.8 Å². The lowest BCUT2D eigenvalue weighted by molar-refractivity contribution is -0.117. The van der Waals surface area contributed by atoms with Crippen LogP contribution in [0.4, 0.5) is 11.4 Å². The van der Waals surface area contributed by atoms with Gasteiger partial charge in [0.05, 0.1) is 0 Å². The molecule has 6 nitrogen and oxygen atoms in total. The van der Waals surface area contributed by atoms with Crippen LogP contribution in [0.2, 0.25) is 0 Å². The average molecular weight is 393 g/mol. The third kappa shape index (κ3) is 5.67. The van der Waals surface area contributed by atoms with Crippen LogP contribution in [0.25, 0.3) is 0 Å². The summed E-state index contributed by atoms with van der Waals surface area (Å²) >= 11 is 0. The molecule has 0 unspecified atom stereocenters. The molecule has 29 heavy (non-hydrogen) atoms. The number of carbonyl (C=O) groups is 3. The molecule has 2 aromatic rings. The predicted molar refractivity (Wildman–Crippen MR) is 114 cm³/mol. The fourth-order valence-electron chi connectivity index (χ4n) is 3.10. The first-order valence-electron chi connectivity index (χ1n) is 10.0. The molecule has 2 aromatic carbocycles.